The van der Waals surface area contributed by atoms with E-state index >= 15 is 0 Å². The van der Waals surface area contributed by atoms with Gasteiger partial charge in [0.05, 0.1) is 5.56 Å². The predicted molar refractivity (Wildman–Crippen MR) is 82.7 cm³/mol. The average Bonchev–Trinajstić information content (AvgIpc) is 2.41. The van der Waals surface area contributed by atoms with E-state index < -0.39 is 0 Å². The molecule has 19 heavy (non-hydrogen) atoms. The number of carbonyl (C=O) groups excluding carboxylic acids is 1. The van der Waals surface area contributed by atoms with Crippen molar-refractivity contribution in [3.63, 3.8) is 0 Å². The minimum atomic E-state index is -0.140. The van der Waals surface area contributed by atoms with E-state index in [0.29, 0.717) is 20.7 Å². The average molecular weight is 340 g/mol. The summed E-state index contributed by atoms with van der Waals surface area (Å²) >= 11 is 9.28. The van der Waals surface area contributed by atoms with Crippen molar-refractivity contribution in [3.8, 4) is 0 Å². The van der Waals surface area contributed by atoms with Crippen LogP contribution in [0, 0.1) is 0 Å². The van der Waals surface area contributed by atoms with Crippen LogP contribution in [0.15, 0.2) is 46.9 Å². The Morgan fingerprint density at radius 1 is 1.21 bits per heavy atom. The van der Waals surface area contributed by atoms with E-state index in [9.17, 15) is 4.79 Å². The van der Waals surface area contributed by atoms with Gasteiger partial charge in [-0.3, -0.25) is 4.79 Å². The number of anilines is 2. The largest absolute Gasteiger partial charge is 0.399 e. The monoisotopic (exact) mass is 338 g/mol. The van der Waals surface area contributed by atoms with Gasteiger partial charge in [0.1, 0.15) is 0 Å². The van der Waals surface area contributed by atoms with Gasteiger partial charge in [-0.25, -0.2) is 0 Å². The first-order chi connectivity index (χ1) is 8.99. The lowest BCUT2D eigenvalue weighted by Crippen LogP contribution is -2.26. The van der Waals surface area contributed by atoms with Gasteiger partial charge >= 0.3 is 0 Å². The van der Waals surface area contributed by atoms with Crippen LogP contribution >= 0.6 is 27.5 Å². The molecule has 1 amide bonds. The van der Waals surface area contributed by atoms with Crippen molar-refractivity contribution in [2.75, 3.05) is 17.7 Å². The molecule has 0 radical (unpaired) electrons. The molecule has 0 aliphatic carbocycles. The fourth-order valence-corrected chi connectivity index (χ4v) is 2.25. The third kappa shape index (κ3) is 3.08. The summed E-state index contributed by atoms with van der Waals surface area (Å²) in [5.41, 5.74) is 7.58. The fraction of sp³-hybridized carbons (Fsp3) is 0.0714. The van der Waals surface area contributed by atoms with E-state index in [2.05, 4.69) is 15.9 Å². The second kappa shape index (κ2) is 5.63. The van der Waals surface area contributed by atoms with Gasteiger partial charge in [0.25, 0.3) is 5.91 Å². The fourth-order valence-electron chi connectivity index (χ4n) is 1.66. The van der Waals surface area contributed by atoms with E-state index in [1.165, 1.54) is 0 Å². The molecule has 0 saturated heterocycles. The molecule has 0 spiro atoms. The van der Waals surface area contributed by atoms with Crippen molar-refractivity contribution < 1.29 is 4.79 Å². The number of nitrogens with two attached hydrogens (primary N) is 1. The van der Waals surface area contributed by atoms with Crippen LogP contribution in [0.25, 0.3) is 0 Å². The van der Waals surface area contributed by atoms with E-state index in [4.69, 9.17) is 17.3 Å². The van der Waals surface area contributed by atoms with Crippen LogP contribution in [0.2, 0.25) is 5.02 Å². The summed E-state index contributed by atoms with van der Waals surface area (Å²) in [4.78, 5) is 14.0. The van der Waals surface area contributed by atoms with E-state index in [-0.39, 0.29) is 5.91 Å². The van der Waals surface area contributed by atoms with Gasteiger partial charge in [-0.15, -0.1) is 0 Å². The number of hydrogen-bond acceptors (Lipinski definition) is 2. The molecule has 2 rings (SSSR count). The van der Waals surface area contributed by atoms with Crippen molar-refractivity contribution in [2.24, 2.45) is 0 Å². The zero-order valence-electron chi connectivity index (χ0n) is 10.2. The highest BCUT2D eigenvalue weighted by Gasteiger charge is 2.16. The Hall–Kier alpha value is -1.52. The van der Waals surface area contributed by atoms with Crippen molar-refractivity contribution in [2.45, 2.75) is 0 Å². The molecular weight excluding hydrogens is 328 g/mol. The molecule has 0 fully saturated rings. The minimum Gasteiger partial charge on any atom is -0.399 e. The molecule has 2 N–H and O–H groups in total. The molecule has 0 aromatic heterocycles. The first-order valence-corrected chi connectivity index (χ1v) is 6.75. The molecule has 3 nitrogen and oxygen atoms in total. The molecule has 2 aromatic carbocycles. The van der Waals surface area contributed by atoms with E-state index in [1.54, 1.807) is 54.4 Å². The molecular formula is C14H12BrClN2O. The number of benzene rings is 2. The van der Waals surface area contributed by atoms with Crippen molar-refractivity contribution in [1.29, 1.82) is 0 Å². The minimum absolute atomic E-state index is 0.140. The highest BCUT2D eigenvalue weighted by Crippen LogP contribution is 2.24. The summed E-state index contributed by atoms with van der Waals surface area (Å²) in [5, 5.41) is 0.525. The lowest BCUT2D eigenvalue weighted by Gasteiger charge is -2.18. The van der Waals surface area contributed by atoms with E-state index in [1.807, 2.05) is 0 Å². The van der Waals surface area contributed by atoms with Gasteiger partial charge in [-0.2, -0.15) is 0 Å². The number of nitrogen functional groups attached to an aromatic ring is 1. The van der Waals surface area contributed by atoms with Crippen LogP contribution in [0.4, 0.5) is 11.4 Å². The van der Waals surface area contributed by atoms with Gasteiger partial charge in [0.2, 0.25) is 0 Å². The number of halogens is 2. The zero-order valence-corrected chi connectivity index (χ0v) is 12.6. The number of carbonyl (C=O) groups is 1. The third-order valence-electron chi connectivity index (χ3n) is 2.74. The van der Waals surface area contributed by atoms with Crippen molar-refractivity contribution >= 4 is 44.8 Å². The quantitative estimate of drug-likeness (QED) is 0.842. The molecule has 0 saturated carbocycles. The van der Waals surface area contributed by atoms with Gasteiger partial charge < -0.3 is 10.6 Å². The van der Waals surface area contributed by atoms with Crippen LogP contribution in [0.3, 0.4) is 0 Å². The molecule has 0 unspecified atom stereocenters. The lowest BCUT2D eigenvalue weighted by atomic mass is 10.2. The summed E-state index contributed by atoms with van der Waals surface area (Å²) in [5.74, 6) is -0.140. The van der Waals surface area contributed by atoms with Crippen LogP contribution in [0.1, 0.15) is 10.4 Å². The highest BCUT2D eigenvalue weighted by atomic mass is 79.9. The number of rotatable bonds is 2. The SMILES string of the molecule is CN(C(=O)c1cc(Cl)ccc1Br)c1ccc(N)cc1. The van der Waals surface area contributed by atoms with Crippen LogP contribution in [0.5, 0.6) is 0 Å². The second-order valence-corrected chi connectivity index (χ2v) is 5.37. The Bertz CT molecular complexity index is 613. The topological polar surface area (TPSA) is 46.3 Å². The molecule has 98 valence electrons. The molecule has 0 heterocycles. The first kappa shape index (κ1) is 13.9. The Labute approximate surface area is 125 Å². The molecule has 0 atom stereocenters. The predicted octanol–water partition coefficient (Wildman–Crippen LogP) is 3.96. The van der Waals surface area contributed by atoms with Crippen LogP contribution in [-0.2, 0) is 0 Å². The molecule has 0 aliphatic heterocycles. The van der Waals surface area contributed by atoms with Crippen molar-refractivity contribution in [1.82, 2.24) is 0 Å². The van der Waals surface area contributed by atoms with Crippen LogP contribution in [-0.4, -0.2) is 13.0 Å². The normalized spacial score (nSPS) is 10.3. The maximum atomic E-state index is 12.4. The van der Waals surface area contributed by atoms with Gasteiger partial charge in [0.15, 0.2) is 0 Å². The molecule has 2 aromatic rings. The lowest BCUT2D eigenvalue weighted by molar-refractivity contribution is 0.0992. The summed E-state index contributed by atoms with van der Waals surface area (Å²) in [6.07, 6.45) is 0. The first-order valence-electron chi connectivity index (χ1n) is 5.57. The third-order valence-corrected chi connectivity index (χ3v) is 3.67. The Morgan fingerprint density at radius 2 is 1.84 bits per heavy atom. The van der Waals surface area contributed by atoms with Crippen molar-refractivity contribution in [3.05, 3.63) is 57.5 Å². The molecule has 0 aliphatic rings. The summed E-state index contributed by atoms with van der Waals surface area (Å²) < 4.78 is 0.712. The Morgan fingerprint density at radius 3 is 2.47 bits per heavy atom. The zero-order chi connectivity index (χ0) is 14.0. The number of hydrogen-bond donors (Lipinski definition) is 1. The second-order valence-electron chi connectivity index (χ2n) is 4.08. The maximum Gasteiger partial charge on any atom is 0.259 e. The Kier molecular flexibility index (Phi) is 4.12. The standard InChI is InChI=1S/C14H12BrClN2O/c1-18(11-5-3-10(17)4-6-11)14(19)12-8-9(16)2-7-13(12)15/h2-8H,17H2,1H3. The summed E-state index contributed by atoms with van der Waals surface area (Å²) in [6.45, 7) is 0. The van der Waals surface area contributed by atoms with Crippen LogP contribution < -0.4 is 10.6 Å². The Balaban J connectivity index is 2.33. The number of nitrogens with zero attached hydrogens (tertiary/aromatic N) is 1. The smallest absolute Gasteiger partial charge is 0.259 e. The molecule has 0 bridgehead atoms. The van der Waals surface area contributed by atoms with E-state index in [0.717, 1.165) is 5.69 Å². The van der Waals surface area contributed by atoms with Gasteiger partial charge in [-0.05, 0) is 58.4 Å². The van der Waals surface area contributed by atoms with Gasteiger partial charge in [0, 0.05) is 27.9 Å². The number of amides is 1. The molecule has 5 heteroatoms. The van der Waals surface area contributed by atoms with Gasteiger partial charge in [-0.1, -0.05) is 11.6 Å². The maximum absolute atomic E-state index is 12.4. The summed E-state index contributed by atoms with van der Waals surface area (Å²) in [6, 6.07) is 12.2. The summed E-state index contributed by atoms with van der Waals surface area (Å²) in [7, 11) is 1.71. The highest BCUT2D eigenvalue weighted by molar-refractivity contribution is 9.10.